The summed E-state index contributed by atoms with van der Waals surface area (Å²) < 4.78 is 9.50. The van der Waals surface area contributed by atoms with Gasteiger partial charge in [-0.1, -0.05) is 37.3 Å². The summed E-state index contributed by atoms with van der Waals surface area (Å²) in [6.07, 6.45) is 1.28. The van der Waals surface area contributed by atoms with Gasteiger partial charge in [-0.15, -0.1) is 0 Å². The van der Waals surface area contributed by atoms with Gasteiger partial charge in [0.05, 0.1) is 4.90 Å². The Balaban J connectivity index is 2.16. The fraction of sp³-hybridized carbons (Fsp3) is 0.286. The van der Waals surface area contributed by atoms with Crippen molar-refractivity contribution in [3.8, 4) is 5.75 Å². The molecular formula is C14H15NOS. The molecule has 0 radical (unpaired) electrons. The van der Waals surface area contributed by atoms with E-state index >= 15 is 0 Å². The van der Waals surface area contributed by atoms with Gasteiger partial charge in [0.2, 0.25) is 0 Å². The number of benzene rings is 2. The van der Waals surface area contributed by atoms with Crippen molar-refractivity contribution in [3.63, 3.8) is 0 Å². The molecule has 2 aromatic rings. The van der Waals surface area contributed by atoms with Gasteiger partial charge in [-0.3, -0.25) is 4.72 Å². The van der Waals surface area contributed by atoms with Crippen molar-refractivity contribution in [2.75, 3.05) is 6.54 Å². The second-order valence-corrected chi connectivity index (χ2v) is 5.15. The van der Waals surface area contributed by atoms with Crippen LogP contribution in [0.3, 0.4) is 0 Å². The number of rotatable bonds is 1. The van der Waals surface area contributed by atoms with Crippen LogP contribution in [0.5, 0.6) is 5.75 Å². The van der Waals surface area contributed by atoms with Crippen LogP contribution >= 0.6 is 11.9 Å². The van der Waals surface area contributed by atoms with Crippen LogP contribution in [-0.2, 0) is 0 Å². The molecule has 1 heterocycles. The van der Waals surface area contributed by atoms with Crippen molar-refractivity contribution in [2.45, 2.75) is 24.3 Å². The number of nitrogens with one attached hydrogen (secondary N) is 1. The topological polar surface area (TPSA) is 21.3 Å². The number of hydrogen-bond donors (Lipinski definition) is 1. The van der Waals surface area contributed by atoms with E-state index in [2.05, 4.69) is 48.0 Å². The molecule has 2 nitrogen and oxygen atoms in total. The predicted octanol–water partition coefficient (Wildman–Crippen LogP) is 3.61. The van der Waals surface area contributed by atoms with Gasteiger partial charge in [-0.25, -0.2) is 0 Å². The summed E-state index contributed by atoms with van der Waals surface area (Å²) in [5.41, 5.74) is 0. The average molecular weight is 245 g/mol. The van der Waals surface area contributed by atoms with Gasteiger partial charge >= 0.3 is 0 Å². The summed E-state index contributed by atoms with van der Waals surface area (Å²) in [6.45, 7) is 3.05. The standard InChI is InChI=1S/C14H15NOS/c1-2-11-9-15-17-13-8-7-10-5-3-4-6-12(10)14(13)16-11/h3-8,11,15H,2,9H2,1H3/t11-/m1/s1. The molecule has 1 atom stereocenters. The first-order valence-corrected chi connectivity index (χ1v) is 6.78. The summed E-state index contributed by atoms with van der Waals surface area (Å²) in [7, 11) is 0. The number of hydrogen-bond acceptors (Lipinski definition) is 3. The molecule has 17 heavy (non-hydrogen) atoms. The van der Waals surface area contributed by atoms with Crippen LogP contribution in [0.4, 0.5) is 0 Å². The van der Waals surface area contributed by atoms with Gasteiger partial charge in [-0.05, 0) is 29.8 Å². The monoisotopic (exact) mass is 245 g/mol. The van der Waals surface area contributed by atoms with Crippen molar-refractivity contribution in [1.82, 2.24) is 4.72 Å². The Kier molecular flexibility index (Phi) is 2.95. The van der Waals surface area contributed by atoms with Gasteiger partial charge in [0.1, 0.15) is 11.9 Å². The highest BCUT2D eigenvalue weighted by atomic mass is 32.2. The molecule has 0 saturated carbocycles. The van der Waals surface area contributed by atoms with Crippen LogP contribution in [0.25, 0.3) is 10.8 Å². The second-order valence-electron chi connectivity index (χ2n) is 4.21. The van der Waals surface area contributed by atoms with Crippen LogP contribution in [-0.4, -0.2) is 12.6 Å². The highest BCUT2D eigenvalue weighted by Crippen LogP contribution is 2.37. The summed E-state index contributed by atoms with van der Waals surface area (Å²) >= 11 is 1.67. The maximum atomic E-state index is 6.14. The molecule has 0 spiro atoms. The minimum atomic E-state index is 0.259. The molecule has 0 saturated heterocycles. The fourth-order valence-electron chi connectivity index (χ4n) is 2.07. The Morgan fingerprint density at radius 1 is 1.29 bits per heavy atom. The lowest BCUT2D eigenvalue weighted by Crippen LogP contribution is -2.25. The molecule has 0 unspecified atom stereocenters. The Labute approximate surface area is 105 Å². The predicted molar refractivity (Wildman–Crippen MR) is 72.5 cm³/mol. The van der Waals surface area contributed by atoms with Gasteiger partial charge in [0.15, 0.2) is 0 Å². The third-order valence-corrected chi connectivity index (χ3v) is 3.93. The third-order valence-electron chi connectivity index (χ3n) is 3.08. The summed E-state index contributed by atoms with van der Waals surface area (Å²) in [5.74, 6) is 1.03. The van der Waals surface area contributed by atoms with Crippen molar-refractivity contribution in [3.05, 3.63) is 36.4 Å². The van der Waals surface area contributed by atoms with Crippen molar-refractivity contribution in [2.24, 2.45) is 0 Å². The summed E-state index contributed by atoms with van der Waals surface area (Å²) in [6, 6.07) is 12.7. The first-order chi connectivity index (χ1) is 8.38. The molecule has 0 aromatic heterocycles. The van der Waals surface area contributed by atoms with Crippen LogP contribution in [0.15, 0.2) is 41.3 Å². The third kappa shape index (κ3) is 2.01. The second kappa shape index (κ2) is 4.59. The molecule has 88 valence electrons. The van der Waals surface area contributed by atoms with Crippen molar-refractivity contribution < 1.29 is 4.74 Å². The molecule has 0 fully saturated rings. The maximum Gasteiger partial charge on any atom is 0.142 e. The molecule has 0 amide bonds. The van der Waals surface area contributed by atoms with Gasteiger partial charge < -0.3 is 4.74 Å². The van der Waals surface area contributed by atoms with E-state index in [1.807, 2.05) is 0 Å². The summed E-state index contributed by atoms with van der Waals surface area (Å²) in [4.78, 5) is 1.18. The first kappa shape index (κ1) is 10.9. The molecule has 0 bridgehead atoms. The van der Waals surface area contributed by atoms with Crippen molar-refractivity contribution in [1.29, 1.82) is 0 Å². The van der Waals surface area contributed by atoms with E-state index in [9.17, 15) is 0 Å². The van der Waals surface area contributed by atoms with Crippen LogP contribution < -0.4 is 9.46 Å². The molecule has 1 aliphatic rings. The van der Waals surface area contributed by atoms with E-state index < -0.39 is 0 Å². The average Bonchev–Trinajstić information content (AvgIpc) is 2.60. The lowest BCUT2D eigenvalue weighted by molar-refractivity contribution is 0.203. The highest BCUT2D eigenvalue weighted by Gasteiger charge is 2.18. The van der Waals surface area contributed by atoms with Gasteiger partial charge in [0.25, 0.3) is 0 Å². The Morgan fingerprint density at radius 3 is 3.06 bits per heavy atom. The summed E-state index contributed by atoms with van der Waals surface area (Å²) in [5, 5.41) is 2.45. The SMILES string of the molecule is CC[C@@H]1CNSc2ccc3ccccc3c2O1. The number of ether oxygens (including phenoxy) is 1. The van der Waals surface area contributed by atoms with E-state index in [1.54, 1.807) is 11.9 Å². The largest absolute Gasteiger partial charge is 0.487 e. The molecule has 1 N–H and O–H groups in total. The van der Waals surface area contributed by atoms with E-state index in [0.717, 1.165) is 18.7 Å². The Morgan fingerprint density at radius 2 is 2.18 bits per heavy atom. The zero-order valence-electron chi connectivity index (χ0n) is 9.77. The lowest BCUT2D eigenvalue weighted by Gasteiger charge is -2.16. The molecular weight excluding hydrogens is 230 g/mol. The van der Waals surface area contributed by atoms with Crippen molar-refractivity contribution >= 4 is 22.7 Å². The molecule has 3 rings (SSSR count). The van der Waals surface area contributed by atoms with Crippen LogP contribution in [0.2, 0.25) is 0 Å². The van der Waals surface area contributed by atoms with Crippen LogP contribution in [0, 0.1) is 0 Å². The van der Waals surface area contributed by atoms with Crippen LogP contribution in [0.1, 0.15) is 13.3 Å². The molecule has 2 aromatic carbocycles. The Bertz CT molecular complexity index is 541. The van der Waals surface area contributed by atoms with Gasteiger partial charge in [0, 0.05) is 11.9 Å². The number of fused-ring (bicyclic) bond motifs is 3. The fourth-order valence-corrected chi connectivity index (χ4v) is 2.88. The molecule has 1 aliphatic heterocycles. The van der Waals surface area contributed by atoms with Gasteiger partial charge in [-0.2, -0.15) is 0 Å². The minimum Gasteiger partial charge on any atom is -0.487 e. The highest BCUT2D eigenvalue weighted by molar-refractivity contribution is 7.97. The van der Waals surface area contributed by atoms with E-state index in [-0.39, 0.29) is 6.10 Å². The molecule has 3 heteroatoms. The maximum absolute atomic E-state index is 6.14. The smallest absolute Gasteiger partial charge is 0.142 e. The zero-order valence-corrected chi connectivity index (χ0v) is 10.6. The first-order valence-electron chi connectivity index (χ1n) is 5.96. The minimum absolute atomic E-state index is 0.259. The quantitative estimate of drug-likeness (QED) is 0.776. The lowest BCUT2D eigenvalue weighted by atomic mass is 10.1. The normalized spacial score (nSPS) is 19.5. The zero-order chi connectivity index (χ0) is 11.7. The van der Waals surface area contributed by atoms with E-state index in [1.165, 1.54) is 15.7 Å². The van der Waals surface area contributed by atoms with E-state index in [0.29, 0.717) is 0 Å². The van der Waals surface area contributed by atoms with E-state index in [4.69, 9.17) is 4.74 Å². The Hall–Kier alpha value is -1.19. The molecule has 0 aliphatic carbocycles.